The molecule has 2 fully saturated rings. The van der Waals surface area contributed by atoms with E-state index in [1.54, 1.807) is 35.4 Å². The predicted molar refractivity (Wildman–Crippen MR) is 123 cm³/mol. The fourth-order valence-corrected chi connectivity index (χ4v) is 5.45. The first-order valence-electron chi connectivity index (χ1n) is 11.9. The Hall–Kier alpha value is -3.56. The molecule has 7 nitrogen and oxygen atoms in total. The van der Waals surface area contributed by atoms with Crippen LogP contribution in [0, 0.1) is 11.8 Å². The molecule has 0 aromatic heterocycles. The van der Waals surface area contributed by atoms with Crippen molar-refractivity contribution in [3.8, 4) is 11.5 Å². The lowest BCUT2D eigenvalue weighted by atomic mass is 9.91. The zero-order valence-corrected chi connectivity index (χ0v) is 19.7. The van der Waals surface area contributed by atoms with Gasteiger partial charge in [-0.05, 0) is 53.9 Å². The molecule has 0 N–H and O–H groups in total. The molecule has 36 heavy (non-hydrogen) atoms. The van der Waals surface area contributed by atoms with E-state index in [-0.39, 0.29) is 42.1 Å². The molecule has 1 unspecified atom stereocenters. The monoisotopic (exact) mass is 498 g/mol. The number of hydrogen-bond donors (Lipinski definition) is 0. The minimum atomic E-state index is -4.37. The third-order valence-corrected chi connectivity index (χ3v) is 7.11. The maximum absolute atomic E-state index is 13.5. The van der Waals surface area contributed by atoms with E-state index >= 15 is 0 Å². The smallest absolute Gasteiger partial charge is 0.416 e. The molecule has 0 radical (unpaired) electrons. The number of fused-ring (bicyclic) bond motifs is 2. The average Bonchev–Trinajstić information content (AvgIpc) is 3.49. The minimum Gasteiger partial charge on any atom is -0.466 e. The predicted octanol–water partition coefficient (Wildman–Crippen LogP) is 4.37. The van der Waals surface area contributed by atoms with Crippen molar-refractivity contribution in [1.82, 2.24) is 19.9 Å². The molecule has 1 saturated carbocycles. The number of benzene rings is 1. The summed E-state index contributed by atoms with van der Waals surface area (Å²) in [6.07, 6.45) is -1.01. The number of esters is 1. The van der Waals surface area contributed by atoms with Gasteiger partial charge in [0.15, 0.2) is 5.82 Å². The molecule has 3 atom stereocenters. The molecule has 3 aliphatic heterocycles. The van der Waals surface area contributed by atoms with Crippen molar-refractivity contribution in [2.45, 2.75) is 38.3 Å². The standard InChI is InChI=1S/C26H25F3N4O3/c1-15(34)36-9-8-16-6-7-22-23(30-12-16)32-24(31-22)25(35)33-13-18-10-17(11-19(18)14-33)20-4-2-3-5-21(20)26(27,28)29/h2-7,12,17-19H,8-11,13-14H2,1H3/t17?,18-,19+. The average molecular weight is 499 g/mol. The molecule has 188 valence electrons. The number of halogens is 3. The van der Waals surface area contributed by atoms with Gasteiger partial charge < -0.3 is 9.64 Å². The summed E-state index contributed by atoms with van der Waals surface area (Å²) in [6.45, 7) is 2.57. The number of ether oxygens (including phenoxy) is 1. The second-order valence-electron chi connectivity index (χ2n) is 9.50. The van der Waals surface area contributed by atoms with Gasteiger partial charge in [-0.1, -0.05) is 24.3 Å². The quantitative estimate of drug-likeness (QED) is 0.486. The van der Waals surface area contributed by atoms with Crippen molar-refractivity contribution < 1.29 is 27.5 Å². The number of rotatable bonds is 5. The van der Waals surface area contributed by atoms with Gasteiger partial charge in [0.1, 0.15) is 5.69 Å². The zero-order chi connectivity index (χ0) is 25.4. The first-order valence-corrected chi connectivity index (χ1v) is 11.9. The van der Waals surface area contributed by atoms with Gasteiger partial charge in [0.25, 0.3) is 5.91 Å². The van der Waals surface area contributed by atoms with Gasteiger partial charge >= 0.3 is 12.1 Å². The molecule has 1 aromatic rings. The third-order valence-electron chi connectivity index (χ3n) is 7.11. The van der Waals surface area contributed by atoms with E-state index in [2.05, 4.69) is 15.0 Å². The van der Waals surface area contributed by atoms with Crippen LogP contribution in [-0.2, 0) is 22.1 Å². The highest BCUT2D eigenvalue weighted by Gasteiger charge is 2.45. The number of aromatic nitrogens is 3. The fourth-order valence-electron chi connectivity index (χ4n) is 5.45. The van der Waals surface area contributed by atoms with E-state index in [1.807, 2.05) is 0 Å². The normalized spacial score (nSPS) is 21.6. The third kappa shape index (κ3) is 4.89. The van der Waals surface area contributed by atoms with Gasteiger partial charge in [-0.15, -0.1) is 0 Å². The van der Waals surface area contributed by atoms with E-state index in [0.717, 1.165) is 11.6 Å². The number of carbonyl (C=O) groups excluding carboxylic acids is 2. The fraction of sp³-hybridized carbons (Fsp3) is 0.423. The van der Waals surface area contributed by atoms with Crippen LogP contribution < -0.4 is 0 Å². The molecular formula is C26H25F3N4O3. The summed E-state index contributed by atoms with van der Waals surface area (Å²) in [5.41, 5.74) is 1.13. The molecule has 10 heteroatoms. The van der Waals surface area contributed by atoms with Crippen LogP contribution in [0.15, 0.2) is 42.6 Å². The van der Waals surface area contributed by atoms with E-state index in [9.17, 15) is 22.8 Å². The molecule has 3 heterocycles. The molecule has 1 aromatic carbocycles. The Morgan fingerprint density at radius 3 is 2.47 bits per heavy atom. The van der Waals surface area contributed by atoms with Crippen LogP contribution in [0.2, 0.25) is 0 Å². The Balaban J connectivity index is 1.24. The van der Waals surface area contributed by atoms with Crippen LogP contribution in [0.3, 0.4) is 0 Å². The van der Waals surface area contributed by atoms with Crippen LogP contribution in [0.25, 0.3) is 11.5 Å². The van der Waals surface area contributed by atoms with Crippen molar-refractivity contribution >= 4 is 11.9 Å². The first-order chi connectivity index (χ1) is 17.2. The van der Waals surface area contributed by atoms with Crippen LogP contribution in [0.4, 0.5) is 13.2 Å². The van der Waals surface area contributed by atoms with Crippen molar-refractivity contribution in [2.24, 2.45) is 11.8 Å². The molecule has 1 amide bonds. The Kier molecular flexibility index (Phi) is 6.36. The summed E-state index contributed by atoms with van der Waals surface area (Å²) in [5.74, 6) is -0.0642. The van der Waals surface area contributed by atoms with Crippen molar-refractivity contribution in [2.75, 3.05) is 19.7 Å². The van der Waals surface area contributed by atoms with Crippen LogP contribution in [0.1, 0.15) is 53.0 Å². The number of amides is 1. The molecule has 0 spiro atoms. The summed E-state index contributed by atoms with van der Waals surface area (Å²) >= 11 is 0. The summed E-state index contributed by atoms with van der Waals surface area (Å²) in [6, 6.07) is 9.34. The Morgan fingerprint density at radius 2 is 1.78 bits per heavy atom. The van der Waals surface area contributed by atoms with Gasteiger partial charge in [-0.25, -0.2) is 15.0 Å². The number of alkyl halides is 3. The van der Waals surface area contributed by atoms with Crippen LogP contribution >= 0.6 is 0 Å². The molecular weight excluding hydrogens is 473 g/mol. The lowest BCUT2D eigenvalue weighted by molar-refractivity contribution is -0.141. The van der Waals surface area contributed by atoms with E-state index < -0.39 is 11.7 Å². The van der Waals surface area contributed by atoms with Gasteiger partial charge in [-0.3, -0.25) is 9.59 Å². The van der Waals surface area contributed by atoms with Crippen LogP contribution in [-0.4, -0.2) is 51.4 Å². The van der Waals surface area contributed by atoms with E-state index in [4.69, 9.17) is 4.74 Å². The second-order valence-corrected chi connectivity index (χ2v) is 9.50. The zero-order valence-electron chi connectivity index (χ0n) is 19.7. The SMILES string of the molecule is CC(=O)OCCc1ccc2nc(C(=O)N3C[C@H]4CC(c5ccccc5C(F)(F)F)C[C@H]4C3)nc-2nc1. The van der Waals surface area contributed by atoms with Gasteiger partial charge in [-0.2, -0.15) is 13.2 Å². The number of nitrogens with zero attached hydrogens (tertiary/aromatic N) is 4. The molecule has 4 aliphatic rings. The Labute approximate surface area is 206 Å². The number of hydrogen-bond acceptors (Lipinski definition) is 6. The topological polar surface area (TPSA) is 85.3 Å². The molecule has 1 aliphatic carbocycles. The highest BCUT2D eigenvalue weighted by Crippen LogP contribution is 2.49. The summed E-state index contributed by atoms with van der Waals surface area (Å²) in [5, 5.41) is 0. The van der Waals surface area contributed by atoms with E-state index in [1.165, 1.54) is 13.0 Å². The van der Waals surface area contributed by atoms with Crippen molar-refractivity contribution in [3.05, 3.63) is 65.1 Å². The van der Waals surface area contributed by atoms with Crippen molar-refractivity contribution in [1.29, 1.82) is 0 Å². The highest BCUT2D eigenvalue weighted by molar-refractivity contribution is 5.92. The highest BCUT2D eigenvalue weighted by atomic mass is 19.4. The maximum Gasteiger partial charge on any atom is 0.416 e. The van der Waals surface area contributed by atoms with Gasteiger partial charge in [0.2, 0.25) is 5.82 Å². The first kappa shape index (κ1) is 24.1. The molecule has 5 rings (SSSR count). The largest absolute Gasteiger partial charge is 0.466 e. The van der Waals surface area contributed by atoms with E-state index in [0.29, 0.717) is 49.4 Å². The Bertz CT molecular complexity index is 1220. The summed E-state index contributed by atoms with van der Waals surface area (Å²) in [7, 11) is 0. The number of likely N-dealkylation sites (tertiary alicyclic amines) is 1. The number of carbonyl (C=O) groups is 2. The molecule has 0 bridgehead atoms. The maximum atomic E-state index is 13.5. The van der Waals surface area contributed by atoms with Crippen molar-refractivity contribution in [3.63, 3.8) is 0 Å². The summed E-state index contributed by atoms with van der Waals surface area (Å²) < 4.78 is 45.4. The summed E-state index contributed by atoms with van der Waals surface area (Å²) in [4.78, 5) is 38.7. The lowest BCUT2D eigenvalue weighted by Crippen LogP contribution is -2.30. The van der Waals surface area contributed by atoms with Gasteiger partial charge in [0.05, 0.1) is 12.2 Å². The molecule has 1 saturated heterocycles. The Morgan fingerprint density at radius 1 is 1.06 bits per heavy atom. The minimum absolute atomic E-state index is 0.0732. The van der Waals surface area contributed by atoms with Crippen LogP contribution in [0.5, 0.6) is 0 Å². The van der Waals surface area contributed by atoms with Gasteiger partial charge in [0, 0.05) is 32.6 Å². The lowest BCUT2D eigenvalue weighted by Gasteiger charge is -2.21. The number of imidazole rings is 1. The second kappa shape index (κ2) is 9.48.